The van der Waals surface area contributed by atoms with Crippen molar-refractivity contribution in [3.05, 3.63) is 0 Å². The first-order valence-corrected chi connectivity index (χ1v) is 5.39. The maximum Gasteiger partial charge on any atom is 1.00 e. The predicted octanol–water partition coefficient (Wildman–Crippen LogP) is -7.06. The van der Waals surface area contributed by atoms with E-state index >= 15 is 0 Å². The average molecular weight is 349 g/mol. The minimum Gasteiger partial charge on any atom is -1.00 e. The Kier molecular flexibility index (Phi) is 20.4. The van der Waals surface area contributed by atoms with Gasteiger partial charge in [0.05, 0.1) is 0 Å². The summed E-state index contributed by atoms with van der Waals surface area (Å²) < 4.78 is 8.19. The molecule has 0 spiro atoms. The second-order valence-corrected chi connectivity index (χ2v) is 3.40. The molecule has 0 aromatic rings. The molecular weight excluding hydrogens is 334 g/mol. The van der Waals surface area contributed by atoms with Gasteiger partial charge in [-0.1, -0.05) is 0 Å². The van der Waals surface area contributed by atoms with Gasteiger partial charge in [0.1, 0.15) is 12.1 Å². The Balaban J connectivity index is -0.000000187. The van der Waals surface area contributed by atoms with Crippen LogP contribution in [0.4, 0.5) is 4.79 Å². The summed E-state index contributed by atoms with van der Waals surface area (Å²) in [7, 11) is 0. The molecule has 0 saturated heterocycles. The van der Waals surface area contributed by atoms with Gasteiger partial charge in [-0.2, -0.15) is 25.3 Å². The fraction of sp³-hybridized carbons (Fsp3) is 0.571. The van der Waals surface area contributed by atoms with Crippen LogP contribution in [0.2, 0.25) is 0 Å². The van der Waals surface area contributed by atoms with E-state index in [4.69, 9.17) is 11.5 Å². The number of carbonyl (C=O) groups excluding carboxylic acids is 3. The van der Waals surface area contributed by atoms with Crippen molar-refractivity contribution in [2.45, 2.75) is 12.1 Å². The van der Waals surface area contributed by atoms with Crippen LogP contribution in [0.15, 0.2) is 0 Å². The molecule has 4 N–H and O–H groups in total. The van der Waals surface area contributed by atoms with E-state index in [1.807, 2.05) is 0 Å². The van der Waals surface area contributed by atoms with Gasteiger partial charge in [0.2, 0.25) is 0 Å². The molecule has 0 amide bonds. The predicted molar refractivity (Wildman–Crippen MR) is 63.5 cm³/mol. The van der Waals surface area contributed by atoms with Gasteiger partial charge in [0.25, 0.3) is 0 Å². The van der Waals surface area contributed by atoms with Gasteiger partial charge < -0.3 is 23.8 Å². The normalized spacial score (nSPS) is 12.2. The van der Waals surface area contributed by atoms with E-state index in [2.05, 4.69) is 34.7 Å². The van der Waals surface area contributed by atoms with Crippen LogP contribution in [-0.2, 0) is 19.1 Å². The van der Waals surface area contributed by atoms with E-state index in [0.29, 0.717) is 0 Å². The minimum absolute atomic E-state index is 0. The Morgan fingerprint density at radius 1 is 0.944 bits per heavy atom. The largest absolute Gasteiger partial charge is 1.00 e. The van der Waals surface area contributed by atoms with E-state index in [9.17, 15) is 14.4 Å². The van der Waals surface area contributed by atoms with E-state index in [-0.39, 0.29) is 117 Å². The molecule has 0 saturated carbocycles. The number of rotatable bonds is 4. The summed E-state index contributed by atoms with van der Waals surface area (Å²) in [4.78, 5) is 32.8. The number of thiol groups is 2. The molecule has 0 heterocycles. The zero-order valence-corrected chi connectivity index (χ0v) is 18.2. The van der Waals surface area contributed by atoms with E-state index < -0.39 is 30.2 Å². The number of nitrogens with two attached hydrogens (primary N) is 2. The number of hydrogen-bond donors (Lipinski definition) is 4. The van der Waals surface area contributed by atoms with Crippen molar-refractivity contribution in [2.75, 3.05) is 11.5 Å². The molecule has 0 unspecified atom stereocenters. The van der Waals surface area contributed by atoms with Gasteiger partial charge in [0, 0.05) is 11.5 Å². The summed E-state index contributed by atoms with van der Waals surface area (Å²) in [6.45, 7) is 0. The Hall–Kier alpha value is 2.50. The van der Waals surface area contributed by atoms with Gasteiger partial charge in [-0.05, 0) is 0 Å². The van der Waals surface area contributed by atoms with Crippen molar-refractivity contribution < 1.29 is 129 Å². The molecule has 0 bridgehead atoms. The van der Waals surface area contributed by atoms with Crippen LogP contribution in [0.5, 0.6) is 0 Å². The second-order valence-electron chi connectivity index (χ2n) is 2.67. The SMILES string of the molecule is N[C@@H](CS)C(=O)OC(=O)OC(=O)[C@@H](N)CS.[H-].[H-].[K+].[K+]. The zero-order chi connectivity index (χ0) is 12.7. The van der Waals surface area contributed by atoms with Crippen molar-refractivity contribution in [1.82, 2.24) is 0 Å². The Labute approximate surface area is 203 Å². The summed E-state index contributed by atoms with van der Waals surface area (Å²) in [5.74, 6) is -2.08. The summed E-state index contributed by atoms with van der Waals surface area (Å²) in [5, 5.41) is 0. The summed E-state index contributed by atoms with van der Waals surface area (Å²) in [6, 6.07) is -2.13. The number of hydrogen-bond acceptors (Lipinski definition) is 9. The van der Waals surface area contributed by atoms with Gasteiger partial charge in [-0.25, -0.2) is 14.4 Å². The smallest absolute Gasteiger partial charge is 1.00 e. The maximum atomic E-state index is 11.0. The molecule has 18 heavy (non-hydrogen) atoms. The number of carbonyl (C=O) groups is 3. The Morgan fingerprint density at radius 3 is 1.44 bits per heavy atom. The third-order valence-electron chi connectivity index (χ3n) is 1.37. The van der Waals surface area contributed by atoms with Crippen molar-refractivity contribution in [1.29, 1.82) is 0 Å². The quantitative estimate of drug-likeness (QED) is 0.172. The first-order valence-electron chi connectivity index (χ1n) is 4.12. The molecule has 11 heteroatoms. The maximum absolute atomic E-state index is 11.0. The van der Waals surface area contributed by atoms with Crippen molar-refractivity contribution >= 4 is 43.4 Å². The van der Waals surface area contributed by atoms with Crippen LogP contribution in [0.3, 0.4) is 0 Å². The standard InChI is InChI=1S/C7H12N2O5S2.2K.2H/c8-3(1-15)5(10)13-7(12)14-6(11)4(9)2-16;;;;/h3-4,15-16H,1-2,8-9H2;;;;/q;2*+1;2*-1/t3-,4-;;;;/m0..../s1. The van der Waals surface area contributed by atoms with Crippen LogP contribution in [-0.4, -0.2) is 41.7 Å². The molecule has 0 aliphatic heterocycles. The molecule has 0 aromatic carbocycles. The summed E-state index contributed by atoms with van der Waals surface area (Å²) in [6.07, 6.45) is -1.47. The fourth-order valence-corrected chi connectivity index (χ4v) is 0.784. The zero-order valence-electron chi connectivity index (χ0n) is 12.2. The monoisotopic (exact) mass is 348 g/mol. The van der Waals surface area contributed by atoms with Gasteiger partial charge >= 0.3 is 121 Å². The number of esters is 2. The molecule has 7 nitrogen and oxygen atoms in total. The molecule has 2 atom stereocenters. The molecule has 0 rings (SSSR count). The Morgan fingerprint density at radius 2 is 1.22 bits per heavy atom. The van der Waals surface area contributed by atoms with E-state index in [0.717, 1.165) is 0 Å². The van der Waals surface area contributed by atoms with Crippen LogP contribution in [0.25, 0.3) is 0 Å². The minimum atomic E-state index is -1.47. The van der Waals surface area contributed by atoms with E-state index in [1.54, 1.807) is 0 Å². The molecular formula is C7H14K2N2O5S2. The van der Waals surface area contributed by atoms with Gasteiger partial charge in [-0.15, -0.1) is 0 Å². The van der Waals surface area contributed by atoms with E-state index in [1.165, 1.54) is 0 Å². The molecule has 0 radical (unpaired) electrons. The second kappa shape index (κ2) is 14.4. The molecule has 0 aliphatic carbocycles. The third kappa shape index (κ3) is 11.2. The molecule has 0 aliphatic rings. The van der Waals surface area contributed by atoms with Crippen molar-refractivity contribution in [3.63, 3.8) is 0 Å². The Bertz CT molecular complexity index is 278. The topological polar surface area (TPSA) is 122 Å². The van der Waals surface area contributed by atoms with Crippen LogP contribution < -0.4 is 114 Å². The van der Waals surface area contributed by atoms with Crippen LogP contribution in [0.1, 0.15) is 2.85 Å². The summed E-state index contributed by atoms with van der Waals surface area (Å²) >= 11 is 7.44. The third-order valence-corrected chi connectivity index (χ3v) is 2.15. The first-order chi connectivity index (χ1) is 7.42. The van der Waals surface area contributed by atoms with Gasteiger partial charge in [0.15, 0.2) is 0 Å². The first kappa shape index (κ1) is 25.5. The summed E-state index contributed by atoms with van der Waals surface area (Å²) in [5.41, 5.74) is 10.4. The van der Waals surface area contributed by atoms with Gasteiger partial charge in [-0.3, -0.25) is 0 Å². The molecule has 96 valence electrons. The fourth-order valence-electron chi connectivity index (χ4n) is 0.486. The molecule has 0 fully saturated rings. The van der Waals surface area contributed by atoms with Crippen LogP contribution in [0, 0.1) is 0 Å². The van der Waals surface area contributed by atoms with Crippen molar-refractivity contribution in [2.24, 2.45) is 11.5 Å². The molecule has 0 aromatic heterocycles. The number of ether oxygens (including phenoxy) is 2. The van der Waals surface area contributed by atoms with Crippen LogP contribution >= 0.6 is 25.3 Å². The van der Waals surface area contributed by atoms with Crippen molar-refractivity contribution in [3.8, 4) is 0 Å². The average Bonchev–Trinajstić information content (AvgIpc) is 2.26.